The maximum atomic E-state index is 11.8. The molecule has 1 aromatic heterocycles. The Morgan fingerprint density at radius 2 is 1.89 bits per heavy atom. The van der Waals surface area contributed by atoms with Crippen LogP contribution in [0.1, 0.15) is 36.0 Å². The molecule has 0 aliphatic heterocycles. The van der Waals surface area contributed by atoms with Gasteiger partial charge in [0.15, 0.2) is 0 Å². The molecule has 2 saturated carbocycles. The normalized spacial score (nSPS) is 19.2. The maximum absolute atomic E-state index is 11.8. The second-order valence-electron chi connectivity index (χ2n) is 5.55. The molecule has 96 valence electrons. The zero-order valence-corrected chi connectivity index (χ0v) is 10.2. The van der Waals surface area contributed by atoms with Crippen molar-refractivity contribution in [2.45, 2.75) is 32.2 Å². The van der Waals surface area contributed by atoms with E-state index in [1.165, 1.54) is 44.0 Å². The highest BCUT2D eigenvalue weighted by atomic mass is 16.4. The Balaban J connectivity index is 1.83. The highest BCUT2D eigenvalue weighted by molar-refractivity contribution is 5.87. The highest BCUT2D eigenvalue weighted by Gasteiger charge is 2.41. The molecule has 3 rings (SSSR count). The van der Waals surface area contributed by atoms with E-state index in [0.717, 1.165) is 11.8 Å². The van der Waals surface area contributed by atoms with E-state index in [1.54, 1.807) is 4.57 Å². The van der Waals surface area contributed by atoms with Crippen LogP contribution in [-0.2, 0) is 6.54 Å². The third kappa shape index (κ3) is 2.33. The summed E-state index contributed by atoms with van der Waals surface area (Å²) in [6, 6.07) is 2.74. The number of rotatable bonds is 5. The van der Waals surface area contributed by atoms with E-state index >= 15 is 0 Å². The first-order valence-electron chi connectivity index (χ1n) is 6.59. The van der Waals surface area contributed by atoms with E-state index in [2.05, 4.69) is 0 Å². The average Bonchev–Trinajstić information content (AvgIpc) is 3.20. The summed E-state index contributed by atoms with van der Waals surface area (Å²) in [5, 5.41) is 8.96. The fourth-order valence-electron chi connectivity index (χ4n) is 2.76. The number of hydrogen-bond acceptors (Lipinski definition) is 2. The van der Waals surface area contributed by atoms with Crippen molar-refractivity contribution in [3.63, 3.8) is 0 Å². The molecule has 4 heteroatoms. The van der Waals surface area contributed by atoms with Gasteiger partial charge in [-0.05, 0) is 49.5 Å². The van der Waals surface area contributed by atoms with Gasteiger partial charge >= 0.3 is 5.97 Å². The summed E-state index contributed by atoms with van der Waals surface area (Å²) < 4.78 is 1.59. The molecule has 0 spiro atoms. The van der Waals surface area contributed by atoms with Crippen LogP contribution in [0.25, 0.3) is 0 Å². The standard InChI is InChI=1S/C14H17NO3/c16-13-6-5-11(14(17)18)7-15(13)8-12(9-1-2-9)10-3-4-10/h5-7,9-10,12H,1-4,8H2,(H,17,18). The third-order valence-corrected chi connectivity index (χ3v) is 4.09. The average molecular weight is 247 g/mol. The molecule has 0 amide bonds. The summed E-state index contributed by atoms with van der Waals surface area (Å²) in [5.41, 5.74) is 0.103. The fraction of sp³-hybridized carbons (Fsp3) is 0.571. The van der Waals surface area contributed by atoms with Gasteiger partial charge in [0.25, 0.3) is 5.56 Å². The lowest BCUT2D eigenvalue weighted by Crippen LogP contribution is -2.25. The first kappa shape index (κ1) is 11.5. The zero-order valence-electron chi connectivity index (χ0n) is 10.2. The Hall–Kier alpha value is -1.58. The molecular formula is C14H17NO3. The number of carboxylic acids is 1. The Labute approximate surface area is 105 Å². The van der Waals surface area contributed by atoms with Crippen molar-refractivity contribution >= 4 is 5.97 Å². The molecule has 0 radical (unpaired) electrons. The number of carbonyl (C=O) groups is 1. The molecule has 0 atom stereocenters. The smallest absolute Gasteiger partial charge is 0.337 e. The monoisotopic (exact) mass is 247 g/mol. The van der Waals surface area contributed by atoms with E-state index in [-0.39, 0.29) is 11.1 Å². The van der Waals surface area contributed by atoms with E-state index in [9.17, 15) is 9.59 Å². The maximum Gasteiger partial charge on any atom is 0.337 e. The van der Waals surface area contributed by atoms with Crippen molar-refractivity contribution < 1.29 is 9.90 Å². The van der Waals surface area contributed by atoms with Crippen molar-refractivity contribution in [2.75, 3.05) is 0 Å². The van der Waals surface area contributed by atoms with Crippen molar-refractivity contribution in [3.8, 4) is 0 Å². The summed E-state index contributed by atoms with van der Waals surface area (Å²) in [4.78, 5) is 22.7. The van der Waals surface area contributed by atoms with Crippen molar-refractivity contribution in [1.29, 1.82) is 0 Å². The highest BCUT2D eigenvalue weighted by Crippen LogP contribution is 2.49. The van der Waals surface area contributed by atoms with Crippen molar-refractivity contribution in [2.24, 2.45) is 17.8 Å². The van der Waals surface area contributed by atoms with Gasteiger partial charge in [-0.2, -0.15) is 0 Å². The molecule has 18 heavy (non-hydrogen) atoms. The molecule has 2 aliphatic rings. The Kier molecular flexibility index (Phi) is 2.73. The van der Waals surface area contributed by atoms with E-state index in [1.807, 2.05) is 0 Å². The summed E-state index contributed by atoms with van der Waals surface area (Å²) in [6.07, 6.45) is 6.58. The van der Waals surface area contributed by atoms with Crippen LogP contribution in [0.4, 0.5) is 0 Å². The van der Waals surface area contributed by atoms with Crippen LogP contribution < -0.4 is 5.56 Å². The van der Waals surface area contributed by atoms with Gasteiger partial charge in [-0.1, -0.05) is 0 Å². The molecule has 0 aromatic carbocycles. The van der Waals surface area contributed by atoms with Crippen LogP contribution in [0.15, 0.2) is 23.1 Å². The minimum atomic E-state index is -0.974. The summed E-state index contributed by atoms with van der Waals surface area (Å²) in [7, 11) is 0. The topological polar surface area (TPSA) is 59.3 Å². The van der Waals surface area contributed by atoms with Gasteiger partial charge in [0, 0.05) is 18.8 Å². The van der Waals surface area contributed by atoms with Crippen LogP contribution in [-0.4, -0.2) is 15.6 Å². The first-order valence-corrected chi connectivity index (χ1v) is 6.59. The van der Waals surface area contributed by atoms with Gasteiger partial charge in [-0.25, -0.2) is 4.79 Å². The van der Waals surface area contributed by atoms with E-state index in [0.29, 0.717) is 12.5 Å². The van der Waals surface area contributed by atoms with Gasteiger partial charge in [0.05, 0.1) is 5.56 Å². The molecule has 2 aliphatic carbocycles. The molecule has 0 unspecified atom stereocenters. The van der Waals surface area contributed by atoms with Gasteiger partial charge in [-0.15, -0.1) is 0 Å². The lowest BCUT2D eigenvalue weighted by molar-refractivity contribution is 0.0695. The third-order valence-electron chi connectivity index (χ3n) is 4.09. The molecule has 1 heterocycles. The minimum absolute atomic E-state index is 0.0914. The zero-order chi connectivity index (χ0) is 12.7. The van der Waals surface area contributed by atoms with Gasteiger partial charge < -0.3 is 9.67 Å². The number of aromatic nitrogens is 1. The van der Waals surface area contributed by atoms with E-state index < -0.39 is 5.97 Å². The van der Waals surface area contributed by atoms with Gasteiger partial charge in [-0.3, -0.25) is 4.79 Å². The second-order valence-corrected chi connectivity index (χ2v) is 5.55. The molecule has 1 N–H and O–H groups in total. The molecular weight excluding hydrogens is 230 g/mol. The van der Waals surface area contributed by atoms with Crippen LogP contribution in [0.3, 0.4) is 0 Å². The van der Waals surface area contributed by atoms with Crippen LogP contribution in [0.5, 0.6) is 0 Å². The first-order chi connectivity index (χ1) is 8.65. The van der Waals surface area contributed by atoms with Crippen LogP contribution in [0, 0.1) is 17.8 Å². The number of aromatic carboxylic acids is 1. The van der Waals surface area contributed by atoms with Gasteiger partial charge in [0.2, 0.25) is 0 Å². The Morgan fingerprint density at radius 3 is 2.39 bits per heavy atom. The summed E-state index contributed by atoms with van der Waals surface area (Å²) in [5.74, 6) is 1.13. The summed E-state index contributed by atoms with van der Waals surface area (Å²) in [6.45, 7) is 0.690. The largest absolute Gasteiger partial charge is 0.478 e. The Bertz CT molecular complexity index is 514. The van der Waals surface area contributed by atoms with E-state index in [4.69, 9.17) is 5.11 Å². The van der Waals surface area contributed by atoms with Gasteiger partial charge in [0.1, 0.15) is 0 Å². The number of hydrogen-bond donors (Lipinski definition) is 1. The molecule has 1 aromatic rings. The lowest BCUT2D eigenvalue weighted by Gasteiger charge is -2.17. The fourth-order valence-corrected chi connectivity index (χ4v) is 2.76. The molecule has 0 saturated heterocycles. The van der Waals surface area contributed by atoms with Crippen LogP contribution >= 0.6 is 0 Å². The quantitative estimate of drug-likeness (QED) is 0.865. The lowest BCUT2D eigenvalue weighted by atomic mass is 9.98. The summed E-state index contributed by atoms with van der Waals surface area (Å²) >= 11 is 0. The SMILES string of the molecule is O=C(O)c1ccc(=O)n(CC(C2CC2)C2CC2)c1. The van der Waals surface area contributed by atoms with Crippen LogP contribution in [0.2, 0.25) is 0 Å². The second kappa shape index (κ2) is 4.26. The predicted molar refractivity (Wildman–Crippen MR) is 66.6 cm³/mol. The predicted octanol–water partition coefficient (Wildman–Crippen LogP) is 1.98. The molecule has 4 nitrogen and oxygen atoms in total. The minimum Gasteiger partial charge on any atom is -0.478 e. The number of carboxylic acid groups (broad SMARTS) is 1. The molecule has 2 fully saturated rings. The number of nitrogens with zero attached hydrogens (tertiary/aromatic N) is 1. The molecule has 0 bridgehead atoms. The number of pyridine rings is 1. The Morgan fingerprint density at radius 1 is 1.28 bits per heavy atom. The van der Waals surface area contributed by atoms with Crippen molar-refractivity contribution in [1.82, 2.24) is 4.57 Å². The van der Waals surface area contributed by atoms with Crippen molar-refractivity contribution in [3.05, 3.63) is 34.2 Å².